The Hall–Kier alpha value is -0.480. The fourth-order valence-electron chi connectivity index (χ4n) is 0.589. The molecule has 0 atom stereocenters. The predicted molar refractivity (Wildman–Crippen MR) is 39.5 cm³/mol. The molecule has 0 aliphatic rings. The molecule has 54 valence electrons. The van der Waals surface area contributed by atoms with Crippen LogP contribution in [0.1, 0.15) is 22.3 Å². The number of halogens is 1. The molecule has 5 heteroatoms. The minimum atomic E-state index is -0.466. The van der Waals surface area contributed by atoms with Gasteiger partial charge in [0.1, 0.15) is 4.88 Å². The van der Waals surface area contributed by atoms with Gasteiger partial charge in [0.15, 0.2) is 0 Å². The lowest BCUT2D eigenvalue weighted by atomic mass is 10.3. The Morgan fingerprint density at radius 3 is 2.90 bits per heavy atom. The van der Waals surface area contributed by atoms with Gasteiger partial charge in [-0.2, -0.15) is 0 Å². The minimum absolute atomic E-state index is 0.462. The fraction of sp³-hybridized carbons (Fsp3) is 0.400. The zero-order valence-corrected chi connectivity index (χ0v) is 6.87. The molecular weight excluding hydrogens is 172 g/mol. The Morgan fingerprint density at radius 1 is 1.80 bits per heavy atom. The first-order valence-electron chi connectivity index (χ1n) is 2.76. The smallest absolute Gasteiger partial charge is 0.265 e. The van der Waals surface area contributed by atoms with Gasteiger partial charge in [-0.25, -0.2) is 0 Å². The van der Waals surface area contributed by atoms with E-state index in [1.807, 2.05) is 6.92 Å². The second-order valence-electron chi connectivity index (χ2n) is 1.68. The Morgan fingerprint density at radius 2 is 2.50 bits per heavy atom. The van der Waals surface area contributed by atoms with E-state index in [9.17, 15) is 4.79 Å². The summed E-state index contributed by atoms with van der Waals surface area (Å²) in [6, 6.07) is 0. The first-order chi connectivity index (χ1) is 4.75. The van der Waals surface area contributed by atoms with Crippen LogP contribution < -0.4 is 0 Å². The molecule has 0 bridgehead atoms. The van der Waals surface area contributed by atoms with Gasteiger partial charge in [-0.1, -0.05) is 11.4 Å². The van der Waals surface area contributed by atoms with Crippen molar-refractivity contribution in [1.29, 1.82) is 0 Å². The van der Waals surface area contributed by atoms with E-state index in [0.717, 1.165) is 11.5 Å². The Labute approximate surface area is 67.2 Å². The van der Waals surface area contributed by atoms with Gasteiger partial charge >= 0.3 is 0 Å². The highest BCUT2D eigenvalue weighted by molar-refractivity contribution is 7.10. The molecule has 0 aliphatic heterocycles. The number of carbonyl (C=O) groups excluding carboxylic acids is 1. The average Bonchev–Trinajstić information content (AvgIpc) is 2.33. The van der Waals surface area contributed by atoms with Crippen LogP contribution >= 0.6 is 23.1 Å². The standard InChI is InChI=1S/C5H5ClN2OS/c1-2-3-4(5(6)9)10-8-7-3/h2H2,1H3. The van der Waals surface area contributed by atoms with Gasteiger partial charge < -0.3 is 0 Å². The van der Waals surface area contributed by atoms with E-state index in [-0.39, 0.29) is 0 Å². The molecule has 0 saturated heterocycles. The van der Waals surface area contributed by atoms with E-state index in [2.05, 4.69) is 9.59 Å². The molecule has 10 heavy (non-hydrogen) atoms. The molecule has 0 radical (unpaired) electrons. The largest absolute Gasteiger partial charge is 0.275 e. The van der Waals surface area contributed by atoms with Crippen LogP contribution in [0.4, 0.5) is 0 Å². The normalized spacial score (nSPS) is 9.80. The summed E-state index contributed by atoms with van der Waals surface area (Å²) in [6.07, 6.45) is 0.699. The number of aryl methyl sites for hydroxylation is 1. The number of rotatable bonds is 2. The summed E-state index contributed by atoms with van der Waals surface area (Å²) in [5.41, 5.74) is 0.685. The van der Waals surface area contributed by atoms with Gasteiger partial charge in [-0.05, 0) is 29.6 Å². The van der Waals surface area contributed by atoms with Crippen molar-refractivity contribution in [2.24, 2.45) is 0 Å². The number of aromatic nitrogens is 2. The second kappa shape index (κ2) is 3.07. The SMILES string of the molecule is CCc1nnsc1C(=O)Cl. The molecule has 1 aromatic heterocycles. The molecule has 3 nitrogen and oxygen atoms in total. The molecule has 0 aromatic carbocycles. The van der Waals surface area contributed by atoms with Crippen LogP contribution in [-0.4, -0.2) is 14.8 Å². The average molecular weight is 177 g/mol. The monoisotopic (exact) mass is 176 g/mol. The Kier molecular flexibility index (Phi) is 2.34. The lowest BCUT2D eigenvalue weighted by Gasteiger charge is -1.86. The van der Waals surface area contributed by atoms with Crippen molar-refractivity contribution in [3.8, 4) is 0 Å². The van der Waals surface area contributed by atoms with Crippen LogP contribution in [0.2, 0.25) is 0 Å². The number of carbonyl (C=O) groups is 1. The topological polar surface area (TPSA) is 42.9 Å². The maximum atomic E-state index is 10.6. The maximum absolute atomic E-state index is 10.6. The van der Waals surface area contributed by atoms with E-state index in [1.165, 1.54) is 0 Å². The zero-order valence-electron chi connectivity index (χ0n) is 5.30. The van der Waals surface area contributed by atoms with Gasteiger partial charge in [-0.3, -0.25) is 4.79 Å². The van der Waals surface area contributed by atoms with E-state index in [4.69, 9.17) is 11.6 Å². The summed E-state index contributed by atoms with van der Waals surface area (Å²) in [7, 11) is 0. The summed E-state index contributed by atoms with van der Waals surface area (Å²) < 4.78 is 3.60. The highest BCUT2D eigenvalue weighted by Gasteiger charge is 2.11. The second-order valence-corrected chi connectivity index (χ2v) is 2.77. The highest BCUT2D eigenvalue weighted by atomic mass is 35.5. The summed E-state index contributed by atoms with van der Waals surface area (Å²) >= 11 is 6.26. The minimum Gasteiger partial charge on any atom is -0.275 e. The third-order valence-corrected chi connectivity index (χ3v) is 2.14. The first kappa shape index (κ1) is 7.63. The van der Waals surface area contributed by atoms with Crippen LogP contribution in [0.5, 0.6) is 0 Å². The number of hydrogen-bond donors (Lipinski definition) is 0. The maximum Gasteiger partial charge on any atom is 0.265 e. The van der Waals surface area contributed by atoms with Crippen molar-refractivity contribution >= 4 is 28.4 Å². The van der Waals surface area contributed by atoms with Crippen LogP contribution in [0.3, 0.4) is 0 Å². The summed E-state index contributed by atoms with van der Waals surface area (Å²) in [5, 5.41) is 3.25. The van der Waals surface area contributed by atoms with Crippen molar-refractivity contribution in [3.05, 3.63) is 10.6 Å². The molecule has 0 saturated carbocycles. The van der Waals surface area contributed by atoms with Crippen molar-refractivity contribution in [2.75, 3.05) is 0 Å². The predicted octanol–water partition coefficient (Wildman–Crippen LogP) is 1.48. The quantitative estimate of drug-likeness (QED) is 0.642. The lowest BCUT2D eigenvalue weighted by Crippen LogP contribution is -1.90. The lowest BCUT2D eigenvalue weighted by molar-refractivity contribution is 0.108. The van der Waals surface area contributed by atoms with Crippen molar-refractivity contribution in [3.63, 3.8) is 0 Å². The van der Waals surface area contributed by atoms with E-state index < -0.39 is 5.24 Å². The zero-order chi connectivity index (χ0) is 7.56. The van der Waals surface area contributed by atoms with E-state index in [1.54, 1.807) is 0 Å². The van der Waals surface area contributed by atoms with Gasteiger partial charge in [-0.15, -0.1) is 5.10 Å². The molecule has 0 unspecified atom stereocenters. The van der Waals surface area contributed by atoms with E-state index in [0.29, 0.717) is 17.0 Å². The molecule has 0 amide bonds. The number of hydrogen-bond acceptors (Lipinski definition) is 4. The summed E-state index contributed by atoms with van der Waals surface area (Å²) in [5.74, 6) is 0. The molecule has 1 heterocycles. The number of nitrogens with zero attached hydrogens (tertiary/aromatic N) is 2. The highest BCUT2D eigenvalue weighted by Crippen LogP contribution is 2.13. The third-order valence-electron chi connectivity index (χ3n) is 1.07. The summed E-state index contributed by atoms with van der Waals surface area (Å²) in [4.78, 5) is 11.0. The molecular formula is C5H5ClN2OS. The van der Waals surface area contributed by atoms with Crippen LogP contribution in [0.25, 0.3) is 0 Å². The van der Waals surface area contributed by atoms with Gasteiger partial charge in [0, 0.05) is 0 Å². The molecule has 0 fully saturated rings. The Balaban J connectivity index is 3.01. The molecule has 0 aliphatic carbocycles. The van der Waals surface area contributed by atoms with Crippen LogP contribution in [-0.2, 0) is 6.42 Å². The fourth-order valence-corrected chi connectivity index (χ4v) is 1.39. The molecule has 1 aromatic rings. The third kappa shape index (κ3) is 1.33. The first-order valence-corrected chi connectivity index (χ1v) is 3.92. The Bertz CT molecular complexity index is 248. The molecule has 0 spiro atoms. The summed E-state index contributed by atoms with van der Waals surface area (Å²) in [6.45, 7) is 1.90. The molecule has 1 rings (SSSR count). The van der Waals surface area contributed by atoms with Crippen molar-refractivity contribution in [2.45, 2.75) is 13.3 Å². The van der Waals surface area contributed by atoms with Gasteiger partial charge in [0.25, 0.3) is 5.24 Å². The van der Waals surface area contributed by atoms with Crippen LogP contribution in [0.15, 0.2) is 0 Å². The van der Waals surface area contributed by atoms with Crippen molar-refractivity contribution < 1.29 is 4.79 Å². The van der Waals surface area contributed by atoms with Crippen LogP contribution in [0, 0.1) is 0 Å². The van der Waals surface area contributed by atoms with Gasteiger partial charge in [0.2, 0.25) is 0 Å². The van der Waals surface area contributed by atoms with E-state index >= 15 is 0 Å². The molecule has 0 N–H and O–H groups in total. The van der Waals surface area contributed by atoms with Crippen molar-refractivity contribution in [1.82, 2.24) is 9.59 Å². The van der Waals surface area contributed by atoms with Gasteiger partial charge in [0.05, 0.1) is 5.69 Å².